The van der Waals surface area contributed by atoms with Crippen LogP contribution in [0.25, 0.3) is 6.08 Å². The summed E-state index contributed by atoms with van der Waals surface area (Å²) in [4.78, 5) is 4.54. The average Bonchev–Trinajstić information content (AvgIpc) is 3.08. The first kappa shape index (κ1) is 17.5. The van der Waals surface area contributed by atoms with Crippen molar-refractivity contribution in [2.24, 2.45) is 0 Å². The molecule has 0 saturated carbocycles. The monoisotopic (exact) mass is 375 g/mol. The number of allylic oxidation sites excluding steroid dienone is 1. The van der Waals surface area contributed by atoms with Gasteiger partial charge in [-0.15, -0.1) is 0 Å². The first-order valence-corrected chi connectivity index (χ1v) is 12.0. The molecule has 2 aromatic carbocycles. The van der Waals surface area contributed by atoms with Gasteiger partial charge in [-0.05, 0) is 65.3 Å². The first-order chi connectivity index (χ1) is 13.3. The van der Waals surface area contributed by atoms with Gasteiger partial charge < -0.3 is 0 Å². The zero-order chi connectivity index (χ0) is 18.1. The minimum atomic E-state index is 0.346. The SMILES string of the molecule is C1=CC2(CCS(=C3CCCN(Cc4ccccc4)C3)CC2)c2ccccc21. The highest BCUT2D eigenvalue weighted by Gasteiger charge is 2.37. The fourth-order valence-corrected chi connectivity index (χ4v) is 7.92. The van der Waals surface area contributed by atoms with Crippen molar-refractivity contribution in [1.29, 1.82) is 0 Å². The number of likely N-dealkylation sites (tertiary alicyclic amines) is 1. The lowest BCUT2D eigenvalue weighted by Crippen LogP contribution is -2.37. The quantitative estimate of drug-likeness (QED) is 0.628. The number of hydrogen-bond donors (Lipinski definition) is 0. The molecule has 140 valence electrons. The lowest BCUT2D eigenvalue weighted by atomic mass is 9.77. The molecule has 2 aliphatic heterocycles. The van der Waals surface area contributed by atoms with E-state index in [1.165, 1.54) is 61.4 Å². The summed E-state index contributed by atoms with van der Waals surface area (Å²) in [6, 6.07) is 20.0. The van der Waals surface area contributed by atoms with Gasteiger partial charge >= 0.3 is 0 Å². The van der Waals surface area contributed by atoms with Crippen LogP contribution >= 0.6 is 10.5 Å². The highest BCUT2D eigenvalue weighted by molar-refractivity contribution is 8.16. The van der Waals surface area contributed by atoms with Crippen molar-refractivity contribution in [1.82, 2.24) is 4.90 Å². The van der Waals surface area contributed by atoms with E-state index in [1.54, 1.807) is 5.56 Å². The summed E-state index contributed by atoms with van der Waals surface area (Å²) in [5, 5.41) is 0. The summed E-state index contributed by atoms with van der Waals surface area (Å²) < 4.78 is 0. The van der Waals surface area contributed by atoms with Crippen LogP contribution in [0.2, 0.25) is 0 Å². The Balaban J connectivity index is 1.29. The molecule has 0 bridgehead atoms. The maximum absolute atomic E-state index is 2.68. The molecule has 3 aliphatic rings. The van der Waals surface area contributed by atoms with E-state index in [9.17, 15) is 0 Å². The van der Waals surface area contributed by atoms with Gasteiger partial charge in [-0.2, -0.15) is 10.5 Å². The second kappa shape index (κ2) is 7.41. The highest BCUT2D eigenvalue weighted by Crippen LogP contribution is 2.47. The minimum Gasteiger partial charge on any atom is -0.295 e. The Hall–Kier alpha value is -1.64. The smallest absolute Gasteiger partial charge is 0.0250 e. The molecular weight excluding hydrogens is 346 g/mol. The molecule has 2 heterocycles. The van der Waals surface area contributed by atoms with Gasteiger partial charge in [0.2, 0.25) is 0 Å². The summed E-state index contributed by atoms with van der Waals surface area (Å²) in [5.74, 6) is 2.79. The zero-order valence-electron chi connectivity index (χ0n) is 16.1. The molecule has 27 heavy (non-hydrogen) atoms. The molecule has 1 aliphatic carbocycles. The van der Waals surface area contributed by atoms with Crippen LogP contribution in [0.3, 0.4) is 0 Å². The minimum absolute atomic E-state index is 0.346. The summed E-state index contributed by atoms with van der Waals surface area (Å²) in [6.45, 7) is 3.61. The molecule has 1 spiro atoms. The number of benzene rings is 2. The van der Waals surface area contributed by atoms with Crippen LogP contribution in [-0.2, 0) is 12.0 Å². The van der Waals surface area contributed by atoms with Gasteiger partial charge in [-0.3, -0.25) is 4.90 Å². The molecule has 0 radical (unpaired) electrons. The first-order valence-electron chi connectivity index (χ1n) is 10.4. The van der Waals surface area contributed by atoms with E-state index >= 15 is 0 Å². The van der Waals surface area contributed by atoms with Gasteiger partial charge in [-0.25, -0.2) is 0 Å². The summed E-state index contributed by atoms with van der Waals surface area (Å²) in [7, 11) is 0.532. The topological polar surface area (TPSA) is 3.24 Å². The molecule has 1 nitrogen and oxygen atoms in total. The summed E-state index contributed by atoms with van der Waals surface area (Å²) in [6.07, 6.45) is 10.3. The second-order valence-corrected chi connectivity index (χ2v) is 10.7. The van der Waals surface area contributed by atoms with Crippen molar-refractivity contribution >= 4 is 21.4 Å². The molecule has 0 N–H and O–H groups in total. The van der Waals surface area contributed by atoms with E-state index < -0.39 is 0 Å². The summed E-state index contributed by atoms with van der Waals surface area (Å²) >= 11 is 0. The van der Waals surface area contributed by atoms with Crippen molar-refractivity contribution in [2.75, 3.05) is 24.6 Å². The lowest BCUT2D eigenvalue weighted by Gasteiger charge is -2.38. The number of piperidine rings is 1. The third kappa shape index (κ3) is 3.46. The Morgan fingerprint density at radius 3 is 2.56 bits per heavy atom. The Morgan fingerprint density at radius 1 is 0.926 bits per heavy atom. The predicted octanol–water partition coefficient (Wildman–Crippen LogP) is 5.48. The van der Waals surface area contributed by atoms with Crippen LogP contribution in [0, 0.1) is 0 Å². The molecule has 0 amide bonds. The van der Waals surface area contributed by atoms with Crippen molar-refractivity contribution in [3.05, 3.63) is 77.4 Å². The van der Waals surface area contributed by atoms with E-state index in [0.717, 1.165) is 6.54 Å². The molecule has 2 saturated heterocycles. The third-order valence-corrected chi connectivity index (χ3v) is 9.20. The second-order valence-electron chi connectivity index (χ2n) is 8.32. The highest BCUT2D eigenvalue weighted by atomic mass is 32.2. The number of hydrogen-bond acceptors (Lipinski definition) is 1. The normalized spacial score (nSPS) is 27.9. The van der Waals surface area contributed by atoms with Crippen molar-refractivity contribution in [3.8, 4) is 0 Å². The van der Waals surface area contributed by atoms with Gasteiger partial charge in [0.05, 0.1) is 0 Å². The number of rotatable bonds is 2. The van der Waals surface area contributed by atoms with Gasteiger partial charge in [0.15, 0.2) is 0 Å². The lowest BCUT2D eigenvalue weighted by molar-refractivity contribution is 0.286. The third-order valence-electron chi connectivity index (χ3n) is 6.66. The van der Waals surface area contributed by atoms with Crippen LogP contribution in [0.1, 0.15) is 42.4 Å². The molecule has 2 fully saturated rings. The van der Waals surface area contributed by atoms with Gasteiger partial charge in [-0.1, -0.05) is 66.7 Å². The molecule has 0 unspecified atom stereocenters. The summed E-state index contributed by atoms with van der Waals surface area (Å²) in [5.41, 5.74) is 4.85. The fourth-order valence-electron chi connectivity index (χ4n) is 5.12. The van der Waals surface area contributed by atoms with E-state index in [0.29, 0.717) is 15.9 Å². The van der Waals surface area contributed by atoms with Gasteiger partial charge in [0.1, 0.15) is 0 Å². The Morgan fingerprint density at radius 2 is 1.70 bits per heavy atom. The predicted molar refractivity (Wildman–Crippen MR) is 120 cm³/mol. The molecule has 2 aromatic rings. The number of nitrogens with zero attached hydrogens (tertiary/aromatic N) is 1. The largest absolute Gasteiger partial charge is 0.295 e. The Labute approximate surface area is 166 Å². The zero-order valence-corrected chi connectivity index (χ0v) is 16.9. The standard InChI is InChI=1S/C25H29NS/c1-2-7-21(8-3-1)19-26-16-6-10-23(20-26)27-17-14-25(15-18-27)13-12-22-9-4-5-11-24(22)25/h1-5,7-9,11-13H,6,10,14-20H2. The maximum Gasteiger partial charge on any atom is 0.0250 e. The number of fused-ring (bicyclic) bond motifs is 2. The maximum atomic E-state index is 2.68. The van der Waals surface area contributed by atoms with Crippen molar-refractivity contribution < 1.29 is 0 Å². The van der Waals surface area contributed by atoms with E-state index in [2.05, 4.69) is 71.6 Å². The fraction of sp³-hybridized carbons (Fsp3) is 0.400. The average molecular weight is 376 g/mol. The van der Waals surface area contributed by atoms with Crippen LogP contribution in [-0.4, -0.2) is 34.4 Å². The van der Waals surface area contributed by atoms with Crippen LogP contribution in [0.15, 0.2) is 60.7 Å². The van der Waals surface area contributed by atoms with E-state index in [-0.39, 0.29) is 0 Å². The molecule has 0 atom stereocenters. The van der Waals surface area contributed by atoms with Crippen LogP contribution in [0.5, 0.6) is 0 Å². The van der Waals surface area contributed by atoms with E-state index in [1.807, 2.05) is 4.86 Å². The van der Waals surface area contributed by atoms with E-state index in [4.69, 9.17) is 0 Å². The van der Waals surface area contributed by atoms with Crippen LogP contribution in [0.4, 0.5) is 0 Å². The molecule has 0 aromatic heterocycles. The van der Waals surface area contributed by atoms with Crippen molar-refractivity contribution in [2.45, 2.75) is 37.6 Å². The Kier molecular flexibility index (Phi) is 4.79. The molecule has 2 heteroatoms. The Bertz CT molecular complexity index is 870. The molecule has 5 rings (SSSR count). The van der Waals surface area contributed by atoms with Gasteiger partial charge in [0, 0.05) is 18.5 Å². The molecular formula is C25H29NS. The van der Waals surface area contributed by atoms with Crippen LogP contribution < -0.4 is 0 Å². The van der Waals surface area contributed by atoms with Crippen molar-refractivity contribution in [3.63, 3.8) is 0 Å². The van der Waals surface area contributed by atoms with Gasteiger partial charge in [0.25, 0.3) is 0 Å².